The van der Waals surface area contributed by atoms with Gasteiger partial charge in [0.05, 0.1) is 5.25 Å². The Morgan fingerprint density at radius 2 is 2.11 bits per heavy atom. The molecule has 1 aliphatic heterocycles. The minimum absolute atomic E-state index is 0.0624. The molecular weight excluding hydrogens is 383 g/mol. The molecule has 154 valence electrons. The van der Waals surface area contributed by atoms with Gasteiger partial charge in [-0.25, -0.2) is 0 Å². The van der Waals surface area contributed by atoms with Crippen LogP contribution >= 0.6 is 20.3 Å². The molecule has 1 aliphatic rings. The molecule has 27 heavy (non-hydrogen) atoms. The van der Waals surface area contributed by atoms with E-state index in [0.29, 0.717) is 30.3 Å². The van der Waals surface area contributed by atoms with E-state index >= 15 is 0 Å². The largest absolute Gasteiger partial charge is 0.356 e. The fourth-order valence-electron chi connectivity index (χ4n) is 2.72. The van der Waals surface area contributed by atoms with Gasteiger partial charge in [-0.1, -0.05) is 27.2 Å². The van der Waals surface area contributed by atoms with Crippen LogP contribution in [-0.4, -0.2) is 64.3 Å². The van der Waals surface area contributed by atoms with Gasteiger partial charge in [-0.3, -0.25) is 19.3 Å². The molecule has 0 aromatic rings. The highest BCUT2D eigenvalue weighted by Gasteiger charge is 2.38. The summed E-state index contributed by atoms with van der Waals surface area (Å²) >= 11 is 1.28. The number of imide groups is 1. The van der Waals surface area contributed by atoms with Crippen LogP contribution in [0.1, 0.15) is 60.7 Å². The molecule has 8 heteroatoms. The minimum Gasteiger partial charge on any atom is -0.356 e. The first-order chi connectivity index (χ1) is 13.1. The summed E-state index contributed by atoms with van der Waals surface area (Å²) < 4.78 is 6.87. The summed E-state index contributed by atoms with van der Waals surface area (Å²) in [5.74, 6) is 0.0972. The lowest BCUT2D eigenvalue weighted by Gasteiger charge is -2.18. The number of rotatable bonds is 13. The van der Waals surface area contributed by atoms with Gasteiger partial charge in [0.2, 0.25) is 17.7 Å². The van der Waals surface area contributed by atoms with Crippen LogP contribution in [0.5, 0.6) is 0 Å². The highest BCUT2D eigenvalue weighted by molar-refractivity contribution is 8.00. The average molecular weight is 418 g/mol. The molecule has 2 atom stereocenters. The van der Waals surface area contributed by atoms with Crippen LogP contribution in [0.15, 0.2) is 0 Å². The van der Waals surface area contributed by atoms with Crippen molar-refractivity contribution in [3.05, 3.63) is 0 Å². The second kappa shape index (κ2) is 12.5. The van der Waals surface area contributed by atoms with Crippen molar-refractivity contribution in [2.75, 3.05) is 25.0 Å². The molecule has 2 unspecified atom stereocenters. The Morgan fingerprint density at radius 1 is 1.37 bits per heavy atom. The Balaban J connectivity index is 2.13. The van der Waals surface area contributed by atoms with Crippen LogP contribution in [0, 0.1) is 0 Å². The third kappa shape index (κ3) is 10.2. The van der Waals surface area contributed by atoms with Gasteiger partial charge < -0.3 is 10.1 Å². The molecule has 0 radical (unpaired) electrons. The lowest BCUT2D eigenvalue weighted by Crippen LogP contribution is -2.32. The van der Waals surface area contributed by atoms with Crippen molar-refractivity contribution >= 4 is 44.3 Å². The smallest absolute Gasteiger partial charge is 0.242 e. The van der Waals surface area contributed by atoms with Crippen molar-refractivity contribution in [1.82, 2.24) is 10.2 Å². The fraction of sp³-hybridized carbons (Fsp3) is 0.789. The summed E-state index contributed by atoms with van der Waals surface area (Å²) in [6.45, 7) is 7.70. The van der Waals surface area contributed by atoms with E-state index < -0.39 is 11.5 Å². The summed E-state index contributed by atoms with van der Waals surface area (Å²) in [5, 5.41) is 2.83. The average Bonchev–Trinajstić information content (AvgIpc) is 2.84. The monoisotopic (exact) mass is 417 g/mol. The number of nitrogens with zero attached hydrogens (tertiary/aromatic N) is 1. The van der Waals surface area contributed by atoms with Gasteiger partial charge in [0.25, 0.3) is 0 Å². The standard InChI is InChI=1S/C19H33N2O4PS/c1-19(2,3)26-12-9-20-16(23)8-5-4-6-10-21-17(24)14-15(18(21)25)27-13-7-11-22/h11,15,26H,4-10,12-14H2,1-3H3,(H,20,23)/i11D. The number of unbranched alkanes of at least 4 members (excludes halogenated alkanes) is 2. The first-order valence-electron chi connectivity index (χ1n) is 10.1. The molecule has 0 aromatic heterocycles. The van der Waals surface area contributed by atoms with Gasteiger partial charge in [0.15, 0.2) is 0 Å². The maximum atomic E-state index is 12.3. The second-order valence-electron chi connectivity index (χ2n) is 7.68. The number of aldehydes is 1. The number of nitrogens with one attached hydrogen (secondary N) is 1. The van der Waals surface area contributed by atoms with E-state index in [-0.39, 0.29) is 30.6 Å². The molecule has 1 fully saturated rings. The van der Waals surface area contributed by atoms with Gasteiger partial charge in [-0.05, 0) is 24.2 Å². The summed E-state index contributed by atoms with van der Waals surface area (Å²) in [5.41, 5.74) is 0. The third-order valence-corrected chi connectivity index (χ3v) is 6.88. The van der Waals surface area contributed by atoms with E-state index in [4.69, 9.17) is 1.37 Å². The lowest BCUT2D eigenvalue weighted by atomic mass is 10.2. The number of amides is 3. The first-order valence-corrected chi connectivity index (χ1v) is 11.8. The van der Waals surface area contributed by atoms with Gasteiger partial charge >= 0.3 is 0 Å². The molecule has 0 spiro atoms. The van der Waals surface area contributed by atoms with E-state index in [9.17, 15) is 19.2 Å². The normalized spacial score (nSPS) is 18.4. The number of hydrogen-bond acceptors (Lipinski definition) is 5. The van der Waals surface area contributed by atoms with Crippen molar-refractivity contribution in [3.63, 3.8) is 0 Å². The molecule has 0 aromatic carbocycles. The van der Waals surface area contributed by atoms with Crippen LogP contribution in [0.2, 0.25) is 0 Å². The molecule has 0 bridgehead atoms. The zero-order valence-corrected chi connectivity index (χ0v) is 18.5. The summed E-state index contributed by atoms with van der Waals surface area (Å²) in [7, 11) is 0.826. The van der Waals surface area contributed by atoms with Crippen molar-refractivity contribution in [2.24, 2.45) is 0 Å². The minimum atomic E-state index is -0.653. The number of carbonyl (C=O) groups excluding carboxylic acids is 4. The number of thioether (sulfide) groups is 1. The number of hydrogen-bond donors (Lipinski definition) is 1. The van der Waals surface area contributed by atoms with Crippen LogP contribution in [0.3, 0.4) is 0 Å². The van der Waals surface area contributed by atoms with Crippen molar-refractivity contribution < 1.29 is 20.5 Å². The molecule has 1 saturated heterocycles. The fourth-order valence-corrected chi connectivity index (χ4v) is 4.74. The van der Waals surface area contributed by atoms with Gasteiger partial charge in [-0.2, -0.15) is 0 Å². The zero-order chi connectivity index (χ0) is 21.2. The molecule has 0 aliphatic carbocycles. The maximum Gasteiger partial charge on any atom is 0.242 e. The Bertz CT molecular complexity index is 569. The molecule has 1 N–H and O–H groups in total. The second-order valence-corrected chi connectivity index (χ2v) is 11.3. The van der Waals surface area contributed by atoms with Crippen LogP contribution in [0.4, 0.5) is 0 Å². The molecule has 0 saturated carbocycles. The van der Waals surface area contributed by atoms with Crippen molar-refractivity contribution in [2.45, 2.75) is 69.7 Å². The van der Waals surface area contributed by atoms with Gasteiger partial charge in [-0.15, -0.1) is 20.3 Å². The SMILES string of the molecule is [2H]C(=O)CCSC1CC(=O)N(CCCCCC(=O)NCCPC(C)(C)C)C1=O. The molecule has 3 amide bonds. The third-order valence-electron chi connectivity index (χ3n) is 4.11. The highest BCUT2D eigenvalue weighted by atomic mass is 32.2. The lowest BCUT2D eigenvalue weighted by molar-refractivity contribution is -0.138. The van der Waals surface area contributed by atoms with Crippen molar-refractivity contribution in [3.8, 4) is 0 Å². The zero-order valence-electron chi connectivity index (χ0n) is 17.6. The van der Waals surface area contributed by atoms with E-state index in [2.05, 4.69) is 26.1 Å². The predicted molar refractivity (Wildman–Crippen MR) is 113 cm³/mol. The number of likely N-dealkylation sites (tertiary alicyclic amines) is 1. The molecule has 6 nitrogen and oxygen atoms in total. The van der Waals surface area contributed by atoms with Crippen LogP contribution in [0.25, 0.3) is 0 Å². The Labute approximate surface area is 170 Å². The molecule has 1 rings (SSSR count). The van der Waals surface area contributed by atoms with E-state index in [1.165, 1.54) is 16.7 Å². The van der Waals surface area contributed by atoms with Crippen LogP contribution in [-0.2, 0) is 19.2 Å². The summed E-state index contributed by atoms with van der Waals surface area (Å²) in [6.07, 6.45) is 3.32. The maximum absolute atomic E-state index is 12.3. The topological polar surface area (TPSA) is 83.6 Å². The highest BCUT2D eigenvalue weighted by Crippen LogP contribution is 2.29. The van der Waals surface area contributed by atoms with Gasteiger partial charge in [0.1, 0.15) is 7.63 Å². The van der Waals surface area contributed by atoms with Crippen LogP contribution < -0.4 is 5.32 Å². The van der Waals surface area contributed by atoms with E-state index in [1.807, 2.05) is 0 Å². The quantitative estimate of drug-likeness (QED) is 0.216. The van der Waals surface area contributed by atoms with E-state index in [1.54, 1.807) is 0 Å². The Morgan fingerprint density at radius 3 is 2.78 bits per heavy atom. The Kier molecular flexibility index (Phi) is 10.4. The number of carbonyl (C=O) groups is 4. The van der Waals surface area contributed by atoms with Gasteiger partial charge in [0, 0.05) is 38.1 Å². The summed E-state index contributed by atoms with van der Waals surface area (Å²) in [6, 6.07) is 0. The first kappa shape index (κ1) is 22.4. The molecule has 1 heterocycles. The predicted octanol–water partition coefficient (Wildman–Crippen LogP) is 2.59. The van der Waals surface area contributed by atoms with E-state index in [0.717, 1.165) is 34.1 Å². The summed E-state index contributed by atoms with van der Waals surface area (Å²) in [4.78, 5) is 48.0. The van der Waals surface area contributed by atoms with Crippen molar-refractivity contribution in [1.29, 1.82) is 0 Å². The Hall–Kier alpha value is -0.940. The molecular formula is C19H33N2O4PS.